The first-order chi connectivity index (χ1) is 7.97. The molecule has 92 valence electrons. The van der Waals surface area contributed by atoms with Crippen molar-refractivity contribution < 1.29 is 14.3 Å². The van der Waals surface area contributed by atoms with E-state index in [1.165, 1.54) is 0 Å². The molecule has 0 saturated heterocycles. The van der Waals surface area contributed by atoms with Gasteiger partial charge in [0.1, 0.15) is 0 Å². The molecule has 0 amide bonds. The number of hydrogen-bond donors (Lipinski definition) is 0. The van der Waals surface area contributed by atoms with Crippen LogP contribution in [-0.4, -0.2) is 23.2 Å². The number of benzene rings is 1. The number of carbonyl (C=O) groups excluding carboxylic acids is 2. The van der Waals surface area contributed by atoms with E-state index in [1.54, 1.807) is 32.0 Å². The number of ether oxygens (including phenoxy) is 1. The van der Waals surface area contributed by atoms with Gasteiger partial charge in [-0.25, -0.2) is 4.79 Å². The topological polar surface area (TPSA) is 43.4 Å². The van der Waals surface area contributed by atoms with Crippen molar-refractivity contribution in [3.05, 3.63) is 32.9 Å². The lowest BCUT2D eigenvalue weighted by Crippen LogP contribution is -2.17. The van der Waals surface area contributed by atoms with Gasteiger partial charge >= 0.3 is 5.97 Å². The molecule has 0 aromatic heterocycles. The number of alkyl halides is 1. The summed E-state index contributed by atoms with van der Waals surface area (Å²) >= 11 is 5.31. The average molecular weight is 411 g/mol. The summed E-state index contributed by atoms with van der Waals surface area (Å²) in [6, 6.07) is 5.13. The Morgan fingerprint density at radius 3 is 2.59 bits per heavy atom. The van der Waals surface area contributed by atoms with Crippen LogP contribution in [0.2, 0.25) is 0 Å². The fraction of sp³-hybridized carbons (Fsp3) is 0.333. The van der Waals surface area contributed by atoms with Crippen molar-refractivity contribution in [3.63, 3.8) is 0 Å². The third-order valence-electron chi connectivity index (χ3n) is 2.10. The van der Waals surface area contributed by atoms with Crippen molar-refractivity contribution in [1.29, 1.82) is 0 Å². The second-order valence-corrected chi connectivity index (χ2v) is 6.01. The second kappa shape index (κ2) is 6.49. The first-order valence-electron chi connectivity index (χ1n) is 5.12. The van der Waals surface area contributed by atoms with Crippen LogP contribution in [0, 0.1) is 3.57 Å². The predicted molar refractivity (Wildman–Crippen MR) is 77.8 cm³/mol. The monoisotopic (exact) mass is 410 g/mol. The highest BCUT2D eigenvalue weighted by Crippen LogP contribution is 2.19. The Labute approximate surface area is 122 Å². The van der Waals surface area contributed by atoms with E-state index in [4.69, 9.17) is 4.74 Å². The SMILES string of the molecule is CCOC(=O)c1cc(I)ccc1C(=O)C(C)Br. The summed E-state index contributed by atoms with van der Waals surface area (Å²) in [4.78, 5) is 23.4. The van der Waals surface area contributed by atoms with Gasteiger partial charge in [0, 0.05) is 9.13 Å². The van der Waals surface area contributed by atoms with Gasteiger partial charge in [-0.15, -0.1) is 0 Å². The molecule has 1 aromatic rings. The Balaban J connectivity index is 3.21. The highest BCUT2D eigenvalue weighted by Gasteiger charge is 2.21. The maximum absolute atomic E-state index is 11.9. The van der Waals surface area contributed by atoms with Crippen molar-refractivity contribution in [3.8, 4) is 0 Å². The largest absolute Gasteiger partial charge is 0.462 e. The molecule has 1 atom stereocenters. The van der Waals surface area contributed by atoms with Gasteiger partial charge in [-0.1, -0.05) is 15.9 Å². The number of hydrogen-bond acceptors (Lipinski definition) is 3. The van der Waals surface area contributed by atoms with Crippen molar-refractivity contribution >= 4 is 50.3 Å². The molecular formula is C12H12BrIO3. The molecule has 0 aliphatic heterocycles. The number of esters is 1. The van der Waals surface area contributed by atoms with Gasteiger partial charge < -0.3 is 4.74 Å². The maximum Gasteiger partial charge on any atom is 0.338 e. The van der Waals surface area contributed by atoms with Gasteiger partial charge in [0.15, 0.2) is 5.78 Å². The van der Waals surface area contributed by atoms with Gasteiger partial charge in [-0.3, -0.25) is 4.79 Å². The lowest BCUT2D eigenvalue weighted by atomic mass is 10.0. The Morgan fingerprint density at radius 1 is 1.41 bits per heavy atom. The summed E-state index contributed by atoms with van der Waals surface area (Å²) in [5, 5.41) is 0. The molecule has 0 aliphatic carbocycles. The molecule has 0 N–H and O–H groups in total. The lowest BCUT2D eigenvalue weighted by molar-refractivity contribution is 0.0523. The molecule has 3 nitrogen and oxygen atoms in total. The first-order valence-corrected chi connectivity index (χ1v) is 7.11. The summed E-state index contributed by atoms with van der Waals surface area (Å²) in [6.45, 7) is 3.76. The molecule has 0 fully saturated rings. The van der Waals surface area contributed by atoms with Crippen molar-refractivity contribution in [1.82, 2.24) is 0 Å². The zero-order valence-corrected chi connectivity index (χ0v) is 13.2. The molecule has 1 rings (SSSR count). The molecule has 0 saturated carbocycles. The first kappa shape index (κ1) is 14.6. The standard InChI is InChI=1S/C12H12BrIO3/c1-3-17-12(16)10-6-8(14)4-5-9(10)11(15)7(2)13/h4-7H,3H2,1-2H3. The lowest BCUT2D eigenvalue weighted by Gasteiger charge is -2.09. The van der Waals surface area contributed by atoms with E-state index in [1.807, 2.05) is 0 Å². The van der Waals surface area contributed by atoms with Crippen LogP contribution in [0.4, 0.5) is 0 Å². The van der Waals surface area contributed by atoms with Gasteiger partial charge in [0.25, 0.3) is 0 Å². The second-order valence-electron chi connectivity index (χ2n) is 3.39. The van der Waals surface area contributed by atoms with Crippen LogP contribution in [0.1, 0.15) is 34.6 Å². The summed E-state index contributed by atoms with van der Waals surface area (Å²) in [7, 11) is 0. The molecule has 1 unspecified atom stereocenters. The maximum atomic E-state index is 11.9. The zero-order valence-electron chi connectivity index (χ0n) is 9.50. The van der Waals surface area contributed by atoms with Crippen LogP contribution < -0.4 is 0 Å². The van der Waals surface area contributed by atoms with Crippen LogP contribution in [0.25, 0.3) is 0 Å². The molecule has 5 heteroatoms. The van der Waals surface area contributed by atoms with E-state index in [9.17, 15) is 9.59 Å². The van der Waals surface area contributed by atoms with E-state index in [-0.39, 0.29) is 10.6 Å². The number of ketones is 1. The highest BCUT2D eigenvalue weighted by molar-refractivity contribution is 14.1. The molecule has 0 bridgehead atoms. The Kier molecular flexibility index (Phi) is 5.58. The van der Waals surface area contributed by atoms with E-state index >= 15 is 0 Å². The zero-order chi connectivity index (χ0) is 13.0. The van der Waals surface area contributed by atoms with Gasteiger partial charge in [-0.2, -0.15) is 0 Å². The number of Topliss-reactive ketones (excluding diaryl/α,β-unsaturated/α-hetero) is 1. The summed E-state index contributed by atoms with van der Waals surface area (Å²) in [6.07, 6.45) is 0. The Hall–Kier alpha value is -0.430. The van der Waals surface area contributed by atoms with Gasteiger partial charge in [0.2, 0.25) is 0 Å². The summed E-state index contributed by atoms with van der Waals surface area (Å²) in [5.74, 6) is -0.577. The van der Waals surface area contributed by atoms with Crippen LogP contribution in [-0.2, 0) is 4.74 Å². The predicted octanol–water partition coefficient (Wildman–Crippen LogP) is 3.43. The molecular weight excluding hydrogens is 399 g/mol. The van der Waals surface area contributed by atoms with Crippen LogP contribution in [0.5, 0.6) is 0 Å². The number of halogens is 2. The van der Waals surface area contributed by atoms with Crippen molar-refractivity contribution in [2.75, 3.05) is 6.61 Å². The van der Waals surface area contributed by atoms with Gasteiger partial charge in [-0.05, 0) is 54.6 Å². The average Bonchev–Trinajstić information content (AvgIpc) is 2.28. The Bertz CT molecular complexity index is 443. The molecule has 0 aliphatic rings. The van der Waals surface area contributed by atoms with Crippen molar-refractivity contribution in [2.45, 2.75) is 18.7 Å². The minimum absolute atomic E-state index is 0.121. The molecule has 0 heterocycles. The number of rotatable bonds is 4. The third-order valence-corrected chi connectivity index (χ3v) is 3.19. The minimum atomic E-state index is -0.456. The van der Waals surface area contributed by atoms with E-state index < -0.39 is 5.97 Å². The molecule has 1 aromatic carbocycles. The third kappa shape index (κ3) is 3.77. The quantitative estimate of drug-likeness (QED) is 0.330. The van der Waals surface area contributed by atoms with E-state index in [0.29, 0.717) is 17.7 Å². The number of carbonyl (C=O) groups is 2. The van der Waals surface area contributed by atoms with Gasteiger partial charge in [0.05, 0.1) is 17.0 Å². The summed E-state index contributed by atoms with van der Waals surface area (Å²) < 4.78 is 5.84. The highest BCUT2D eigenvalue weighted by atomic mass is 127. The molecule has 17 heavy (non-hydrogen) atoms. The van der Waals surface area contributed by atoms with Crippen LogP contribution in [0.15, 0.2) is 18.2 Å². The molecule has 0 spiro atoms. The fourth-order valence-corrected chi connectivity index (χ4v) is 2.06. The van der Waals surface area contributed by atoms with E-state index in [0.717, 1.165) is 3.57 Å². The fourth-order valence-electron chi connectivity index (χ4n) is 1.32. The van der Waals surface area contributed by atoms with Crippen LogP contribution >= 0.6 is 38.5 Å². The summed E-state index contributed by atoms with van der Waals surface area (Å²) in [5.41, 5.74) is 0.725. The Morgan fingerprint density at radius 2 is 2.06 bits per heavy atom. The minimum Gasteiger partial charge on any atom is -0.462 e. The van der Waals surface area contributed by atoms with Crippen molar-refractivity contribution in [2.24, 2.45) is 0 Å². The molecule has 0 radical (unpaired) electrons. The van der Waals surface area contributed by atoms with E-state index in [2.05, 4.69) is 38.5 Å². The normalized spacial score (nSPS) is 12.0. The smallest absolute Gasteiger partial charge is 0.338 e. The van der Waals surface area contributed by atoms with Crippen LogP contribution in [0.3, 0.4) is 0 Å².